The lowest BCUT2D eigenvalue weighted by Crippen LogP contribution is -2.32. The minimum absolute atomic E-state index is 0.215. The maximum Gasteiger partial charge on any atom is 0.340 e. The summed E-state index contributed by atoms with van der Waals surface area (Å²) < 4.78 is 26.9. The van der Waals surface area contributed by atoms with Crippen molar-refractivity contribution >= 4 is 32.6 Å². The van der Waals surface area contributed by atoms with Crippen molar-refractivity contribution in [2.45, 2.75) is 19.9 Å². The molecule has 0 spiro atoms. The van der Waals surface area contributed by atoms with Crippen LogP contribution in [0.3, 0.4) is 0 Å². The molecule has 31 heavy (non-hydrogen) atoms. The van der Waals surface area contributed by atoms with Crippen molar-refractivity contribution in [3.05, 3.63) is 104 Å². The molecular weight excluding hydrogens is 461 g/mol. The van der Waals surface area contributed by atoms with Crippen LogP contribution >= 0.6 is 15.9 Å². The van der Waals surface area contributed by atoms with E-state index in [-0.39, 0.29) is 18.2 Å². The van der Waals surface area contributed by atoms with Gasteiger partial charge in [-0.2, -0.15) is 0 Å². The molecule has 0 saturated carbocycles. The van der Waals surface area contributed by atoms with Gasteiger partial charge in [0.2, 0.25) is 0 Å². The summed E-state index contributed by atoms with van der Waals surface area (Å²) >= 11 is 3.29. The van der Waals surface area contributed by atoms with Crippen LogP contribution in [0, 0.1) is 12.7 Å². The Labute approximate surface area is 187 Å². The highest BCUT2D eigenvalue weighted by Gasteiger charge is 2.25. The van der Waals surface area contributed by atoms with Crippen molar-refractivity contribution in [3.8, 4) is 5.75 Å². The molecule has 5 rings (SSSR count). The highest BCUT2D eigenvalue weighted by molar-refractivity contribution is 9.10. The predicted molar refractivity (Wildman–Crippen MR) is 122 cm³/mol. The first-order valence-corrected chi connectivity index (χ1v) is 10.8. The molecule has 2 heterocycles. The summed E-state index contributed by atoms with van der Waals surface area (Å²) in [4.78, 5) is 14.7. The molecule has 6 heteroatoms. The summed E-state index contributed by atoms with van der Waals surface area (Å²) in [6, 6.07) is 18.6. The molecule has 1 aromatic heterocycles. The SMILES string of the molecule is Cc1c(Cc2ccccc2)c(=O)oc2c3c(ccc12)OCN(c1ccc(Br)cc1F)C3. The van der Waals surface area contributed by atoms with Crippen LogP contribution in [0.4, 0.5) is 10.1 Å². The number of hydrogen-bond donors (Lipinski definition) is 0. The maximum absolute atomic E-state index is 14.5. The minimum Gasteiger partial charge on any atom is -0.473 e. The number of nitrogens with zero attached hydrogens (tertiary/aromatic N) is 1. The first-order chi connectivity index (χ1) is 15.0. The lowest BCUT2D eigenvalue weighted by atomic mass is 9.97. The molecule has 1 aliphatic rings. The number of ether oxygens (including phenoxy) is 1. The van der Waals surface area contributed by atoms with E-state index in [4.69, 9.17) is 9.15 Å². The van der Waals surface area contributed by atoms with Gasteiger partial charge in [-0.3, -0.25) is 0 Å². The van der Waals surface area contributed by atoms with Gasteiger partial charge >= 0.3 is 5.63 Å². The van der Waals surface area contributed by atoms with Gasteiger partial charge < -0.3 is 14.1 Å². The van der Waals surface area contributed by atoms with E-state index >= 15 is 0 Å². The summed E-state index contributed by atoms with van der Waals surface area (Å²) in [6.07, 6.45) is 0.509. The minimum atomic E-state index is -0.353. The summed E-state index contributed by atoms with van der Waals surface area (Å²) in [5, 5.41) is 0.867. The van der Waals surface area contributed by atoms with Crippen LogP contribution in [0.5, 0.6) is 5.75 Å². The lowest BCUT2D eigenvalue weighted by Gasteiger charge is -2.31. The van der Waals surface area contributed by atoms with Crippen molar-refractivity contribution in [2.24, 2.45) is 0 Å². The van der Waals surface area contributed by atoms with Crippen molar-refractivity contribution in [2.75, 3.05) is 11.6 Å². The summed E-state index contributed by atoms with van der Waals surface area (Å²) in [7, 11) is 0. The molecule has 0 N–H and O–H groups in total. The Morgan fingerprint density at radius 3 is 2.68 bits per heavy atom. The van der Waals surface area contributed by atoms with Gasteiger partial charge in [-0.15, -0.1) is 0 Å². The standard InChI is InChI=1S/C25H19BrFNO3/c1-15-18-8-10-23-20(13-28(14-30-23)22-9-7-17(26)12-21(22)27)24(18)31-25(29)19(15)11-16-5-3-2-4-6-16/h2-10,12H,11,13-14H2,1H3. The van der Waals surface area contributed by atoms with Gasteiger partial charge in [0, 0.05) is 21.8 Å². The van der Waals surface area contributed by atoms with Crippen molar-refractivity contribution in [3.63, 3.8) is 0 Å². The lowest BCUT2D eigenvalue weighted by molar-refractivity contribution is 0.287. The van der Waals surface area contributed by atoms with Gasteiger partial charge in [-0.1, -0.05) is 46.3 Å². The highest BCUT2D eigenvalue weighted by Crippen LogP contribution is 2.36. The first kappa shape index (κ1) is 19.8. The maximum atomic E-state index is 14.5. The van der Waals surface area contributed by atoms with E-state index in [0.717, 1.165) is 22.1 Å². The average molecular weight is 480 g/mol. The Morgan fingerprint density at radius 1 is 1.10 bits per heavy atom. The van der Waals surface area contributed by atoms with Crippen LogP contribution in [-0.2, 0) is 13.0 Å². The van der Waals surface area contributed by atoms with Gasteiger partial charge in [-0.05, 0) is 48.4 Å². The van der Waals surface area contributed by atoms with Gasteiger partial charge in [0.15, 0.2) is 6.73 Å². The molecule has 3 aromatic carbocycles. The normalized spacial score (nSPS) is 13.2. The molecule has 0 aliphatic carbocycles. The molecule has 0 atom stereocenters. The molecular formula is C25H19BrFNO3. The Kier molecular flexibility index (Phi) is 5.02. The number of fused-ring (bicyclic) bond motifs is 3. The third-order valence-electron chi connectivity index (χ3n) is 5.71. The molecule has 4 aromatic rings. The van der Waals surface area contributed by atoms with Crippen molar-refractivity contribution < 1.29 is 13.5 Å². The van der Waals surface area contributed by atoms with E-state index in [1.54, 1.807) is 17.0 Å². The topological polar surface area (TPSA) is 42.7 Å². The van der Waals surface area contributed by atoms with Gasteiger partial charge in [0.1, 0.15) is 17.1 Å². The van der Waals surface area contributed by atoms with Crippen LogP contribution in [0.25, 0.3) is 11.0 Å². The van der Waals surface area contributed by atoms with Gasteiger partial charge in [-0.25, -0.2) is 9.18 Å². The Morgan fingerprint density at radius 2 is 1.90 bits per heavy atom. The second-order valence-corrected chi connectivity index (χ2v) is 8.56. The molecule has 4 nitrogen and oxygen atoms in total. The summed E-state index contributed by atoms with van der Waals surface area (Å²) in [6.45, 7) is 2.54. The Hall–Kier alpha value is -3.12. The van der Waals surface area contributed by atoms with Gasteiger partial charge in [0.05, 0.1) is 17.8 Å². The number of aryl methyl sites for hydroxylation is 1. The molecule has 0 amide bonds. The van der Waals surface area contributed by atoms with Crippen molar-refractivity contribution in [1.29, 1.82) is 0 Å². The number of hydrogen-bond acceptors (Lipinski definition) is 4. The van der Waals surface area contributed by atoms with E-state index in [1.807, 2.05) is 49.4 Å². The van der Waals surface area contributed by atoms with Gasteiger partial charge in [0.25, 0.3) is 0 Å². The molecule has 0 fully saturated rings. The number of benzene rings is 3. The van der Waals surface area contributed by atoms with Crippen LogP contribution in [-0.4, -0.2) is 6.73 Å². The summed E-state index contributed by atoms with van der Waals surface area (Å²) in [5.41, 5.74) is 3.92. The molecule has 0 unspecified atom stereocenters. The van der Waals surface area contributed by atoms with Crippen LogP contribution in [0.2, 0.25) is 0 Å². The van der Waals surface area contributed by atoms with Crippen LogP contribution in [0.15, 0.2) is 74.3 Å². The molecule has 0 radical (unpaired) electrons. The predicted octanol–water partition coefficient (Wildman–Crippen LogP) is 5.95. The second-order valence-electron chi connectivity index (χ2n) is 7.64. The largest absolute Gasteiger partial charge is 0.473 e. The number of halogens is 2. The molecule has 0 bridgehead atoms. The third-order valence-corrected chi connectivity index (χ3v) is 6.21. The Balaban J connectivity index is 1.58. The van der Waals surface area contributed by atoms with Crippen molar-refractivity contribution in [1.82, 2.24) is 0 Å². The summed E-state index contributed by atoms with van der Waals surface area (Å²) in [5.74, 6) is 0.309. The van der Waals surface area contributed by atoms with E-state index in [2.05, 4.69) is 15.9 Å². The van der Waals surface area contributed by atoms with Crippen LogP contribution < -0.4 is 15.3 Å². The van der Waals surface area contributed by atoms with E-state index in [9.17, 15) is 9.18 Å². The first-order valence-electron chi connectivity index (χ1n) is 9.96. The smallest absolute Gasteiger partial charge is 0.340 e. The number of anilines is 1. The zero-order valence-electron chi connectivity index (χ0n) is 16.8. The average Bonchev–Trinajstić information content (AvgIpc) is 2.77. The monoisotopic (exact) mass is 479 g/mol. The van der Waals surface area contributed by atoms with Crippen LogP contribution in [0.1, 0.15) is 22.3 Å². The van der Waals surface area contributed by atoms with E-state index < -0.39 is 0 Å². The second kappa shape index (κ2) is 7.85. The highest BCUT2D eigenvalue weighted by atomic mass is 79.9. The van der Waals surface area contributed by atoms with E-state index in [0.29, 0.717) is 40.0 Å². The third kappa shape index (κ3) is 3.61. The zero-order valence-corrected chi connectivity index (χ0v) is 18.4. The Bertz CT molecular complexity index is 1350. The van der Waals surface area contributed by atoms with E-state index in [1.165, 1.54) is 6.07 Å². The quantitative estimate of drug-likeness (QED) is 0.340. The molecule has 0 saturated heterocycles. The fourth-order valence-electron chi connectivity index (χ4n) is 4.06. The fourth-order valence-corrected chi connectivity index (χ4v) is 4.39. The number of rotatable bonds is 3. The molecule has 1 aliphatic heterocycles. The zero-order chi connectivity index (χ0) is 21.5. The molecule has 156 valence electrons. The fraction of sp³-hybridized carbons (Fsp3) is 0.160.